The van der Waals surface area contributed by atoms with Crippen molar-refractivity contribution in [2.75, 3.05) is 11.3 Å². The van der Waals surface area contributed by atoms with Crippen LogP contribution >= 0.6 is 15.9 Å². The lowest BCUT2D eigenvalue weighted by Gasteiger charge is -2.10. The predicted octanol–water partition coefficient (Wildman–Crippen LogP) is 2.35. The molecular weight excluding hydrogens is 292 g/mol. The molecule has 1 aromatic carbocycles. The summed E-state index contributed by atoms with van der Waals surface area (Å²) in [5, 5.41) is 0. The fourth-order valence-corrected chi connectivity index (χ4v) is 2.48. The average Bonchev–Trinajstić information content (AvgIpc) is 2.14. The van der Waals surface area contributed by atoms with Gasteiger partial charge in [0.2, 0.25) is 0 Å². The summed E-state index contributed by atoms with van der Waals surface area (Å²) in [5.41, 5.74) is 0.533. The van der Waals surface area contributed by atoms with Crippen LogP contribution in [0.25, 0.3) is 0 Å². The third-order valence-corrected chi connectivity index (χ3v) is 3.30. The molecule has 0 radical (unpaired) electrons. The molecule has 0 fully saturated rings. The maximum atomic E-state index is 11.6. The standard InChI is InChI=1S/C10H15BrN2O2S/c1-8(2)7-12-16(14,15)13-10-5-3-4-9(11)6-10/h3-6,8,12-13H,7H2,1-2H3. The van der Waals surface area contributed by atoms with Gasteiger partial charge in [0.15, 0.2) is 0 Å². The van der Waals surface area contributed by atoms with Crippen molar-refractivity contribution < 1.29 is 8.42 Å². The Balaban J connectivity index is 2.66. The summed E-state index contributed by atoms with van der Waals surface area (Å²) >= 11 is 3.28. The third-order valence-electron chi connectivity index (χ3n) is 1.76. The van der Waals surface area contributed by atoms with Gasteiger partial charge in [-0.2, -0.15) is 13.1 Å². The normalized spacial score (nSPS) is 11.8. The zero-order chi connectivity index (χ0) is 12.2. The number of hydrogen-bond donors (Lipinski definition) is 2. The number of halogens is 1. The van der Waals surface area contributed by atoms with Crippen LogP contribution in [0, 0.1) is 5.92 Å². The van der Waals surface area contributed by atoms with Gasteiger partial charge in [-0.15, -0.1) is 0 Å². The van der Waals surface area contributed by atoms with Crippen LogP contribution in [0.5, 0.6) is 0 Å². The van der Waals surface area contributed by atoms with Crippen LogP contribution in [0.3, 0.4) is 0 Å². The summed E-state index contributed by atoms with van der Waals surface area (Å²) in [7, 11) is -3.47. The Kier molecular flexibility index (Phi) is 4.76. The van der Waals surface area contributed by atoms with Crippen molar-refractivity contribution in [2.45, 2.75) is 13.8 Å². The molecule has 0 bridgehead atoms. The largest absolute Gasteiger partial charge is 0.299 e. The molecule has 90 valence electrons. The molecule has 0 aliphatic heterocycles. The lowest BCUT2D eigenvalue weighted by Crippen LogP contribution is -2.32. The Bertz CT molecular complexity index is 446. The summed E-state index contributed by atoms with van der Waals surface area (Å²) in [4.78, 5) is 0. The molecule has 0 aromatic heterocycles. The van der Waals surface area contributed by atoms with Crippen molar-refractivity contribution in [1.29, 1.82) is 0 Å². The Labute approximate surface area is 105 Å². The van der Waals surface area contributed by atoms with E-state index < -0.39 is 10.2 Å². The summed E-state index contributed by atoms with van der Waals surface area (Å²) in [6.45, 7) is 4.31. The van der Waals surface area contributed by atoms with Gasteiger partial charge in [0.1, 0.15) is 0 Å². The molecule has 2 N–H and O–H groups in total. The molecule has 4 nitrogen and oxygen atoms in total. The Morgan fingerprint density at radius 2 is 2.06 bits per heavy atom. The zero-order valence-corrected chi connectivity index (χ0v) is 11.6. The summed E-state index contributed by atoms with van der Waals surface area (Å²) in [5.74, 6) is 0.277. The van der Waals surface area contributed by atoms with Crippen molar-refractivity contribution >= 4 is 31.8 Å². The first-order valence-electron chi connectivity index (χ1n) is 4.92. The van der Waals surface area contributed by atoms with E-state index in [9.17, 15) is 8.42 Å². The maximum Gasteiger partial charge on any atom is 0.299 e. The number of nitrogens with one attached hydrogen (secondary N) is 2. The summed E-state index contributed by atoms with van der Waals surface area (Å²) in [6, 6.07) is 7.00. The van der Waals surface area contributed by atoms with Gasteiger partial charge in [-0.1, -0.05) is 35.8 Å². The minimum atomic E-state index is -3.47. The fraction of sp³-hybridized carbons (Fsp3) is 0.400. The van der Waals surface area contributed by atoms with Crippen LogP contribution < -0.4 is 9.44 Å². The molecular formula is C10H15BrN2O2S. The van der Waals surface area contributed by atoms with E-state index in [1.165, 1.54) is 0 Å². The van der Waals surface area contributed by atoms with Crippen LogP contribution in [0.15, 0.2) is 28.7 Å². The summed E-state index contributed by atoms with van der Waals surface area (Å²) < 4.78 is 28.9. The quantitative estimate of drug-likeness (QED) is 0.877. The van der Waals surface area contributed by atoms with Gasteiger partial charge in [0, 0.05) is 11.0 Å². The van der Waals surface area contributed by atoms with Crippen LogP contribution in [-0.2, 0) is 10.2 Å². The van der Waals surface area contributed by atoms with E-state index in [0.29, 0.717) is 12.2 Å². The molecule has 0 atom stereocenters. The van der Waals surface area contributed by atoms with Gasteiger partial charge >= 0.3 is 0 Å². The topological polar surface area (TPSA) is 58.2 Å². The van der Waals surface area contributed by atoms with Crippen LogP contribution in [-0.4, -0.2) is 15.0 Å². The Morgan fingerprint density at radius 3 is 2.62 bits per heavy atom. The van der Waals surface area contributed by atoms with Crippen molar-refractivity contribution in [2.24, 2.45) is 5.92 Å². The van der Waals surface area contributed by atoms with Gasteiger partial charge < -0.3 is 0 Å². The van der Waals surface area contributed by atoms with E-state index in [2.05, 4.69) is 25.4 Å². The van der Waals surface area contributed by atoms with Gasteiger partial charge in [-0.3, -0.25) is 4.72 Å². The van der Waals surface area contributed by atoms with Gasteiger partial charge in [0.05, 0.1) is 5.69 Å². The van der Waals surface area contributed by atoms with Crippen molar-refractivity contribution in [3.63, 3.8) is 0 Å². The van der Waals surface area contributed by atoms with Gasteiger partial charge in [-0.25, -0.2) is 0 Å². The molecule has 1 rings (SSSR count). The highest BCUT2D eigenvalue weighted by atomic mass is 79.9. The average molecular weight is 307 g/mol. The van der Waals surface area contributed by atoms with Gasteiger partial charge in [-0.05, 0) is 24.1 Å². The second-order valence-corrected chi connectivity index (χ2v) is 6.27. The minimum absolute atomic E-state index is 0.277. The van der Waals surface area contributed by atoms with E-state index in [1.807, 2.05) is 19.9 Å². The highest BCUT2D eigenvalue weighted by Crippen LogP contribution is 2.16. The first-order valence-corrected chi connectivity index (χ1v) is 7.19. The highest BCUT2D eigenvalue weighted by Gasteiger charge is 2.09. The summed E-state index contributed by atoms with van der Waals surface area (Å²) in [6.07, 6.45) is 0. The zero-order valence-electron chi connectivity index (χ0n) is 9.20. The van der Waals surface area contributed by atoms with E-state index >= 15 is 0 Å². The number of hydrogen-bond acceptors (Lipinski definition) is 2. The van der Waals surface area contributed by atoms with Gasteiger partial charge in [0.25, 0.3) is 10.2 Å². The van der Waals surface area contributed by atoms with Crippen molar-refractivity contribution in [1.82, 2.24) is 4.72 Å². The molecule has 0 saturated carbocycles. The first kappa shape index (κ1) is 13.5. The van der Waals surface area contributed by atoms with Crippen LogP contribution in [0.2, 0.25) is 0 Å². The third kappa shape index (κ3) is 4.96. The Hall–Kier alpha value is -0.590. The number of rotatable bonds is 5. The second kappa shape index (κ2) is 5.65. The molecule has 16 heavy (non-hydrogen) atoms. The minimum Gasteiger partial charge on any atom is -0.271 e. The molecule has 0 saturated heterocycles. The van der Waals surface area contributed by atoms with Crippen LogP contribution in [0.4, 0.5) is 5.69 Å². The van der Waals surface area contributed by atoms with Crippen molar-refractivity contribution in [3.8, 4) is 0 Å². The van der Waals surface area contributed by atoms with E-state index in [4.69, 9.17) is 0 Å². The molecule has 0 aliphatic rings. The highest BCUT2D eigenvalue weighted by molar-refractivity contribution is 9.10. The first-order chi connectivity index (χ1) is 7.39. The van der Waals surface area contributed by atoms with Crippen molar-refractivity contribution in [3.05, 3.63) is 28.7 Å². The molecule has 1 aromatic rings. The SMILES string of the molecule is CC(C)CNS(=O)(=O)Nc1cccc(Br)c1. The van der Waals surface area contributed by atoms with E-state index in [-0.39, 0.29) is 5.92 Å². The molecule has 6 heteroatoms. The lowest BCUT2D eigenvalue weighted by molar-refractivity contribution is 0.565. The lowest BCUT2D eigenvalue weighted by atomic mass is 10.2. The number of benzene rings is 1. The molecule has 0 unspecified atom stereocenters. The maximum absolute atomic E-state index is 11.6. The molecule has 0 spiro atoms. The smallest absolute Gasteiger partial charge is 0.271 e. The Morgan fingerprint density at radius 1 is 1.38 bits per heavy atom. The molecule has 0 heterocycles. The fourth-order valence-electron chi connectivity index (χ4n) is 1.02. The number of anilines is 1. The van der Waals surface area contributed by atoms with E-state index in [0.717, 1.165) is 4.47 Å². The second-order valence-electron chi connectivity index (χ2n) is 3.86. The molecule has 0 aliphatic carbocycles. The van der Waals surface area contributed by atoms with E-state index in [1.54, 1.807) is 18.2 Å². The monoisotopic (exact) mass is 306 g/mol. The predicted molar refractivity (Wildman–Crippen MR) is 69.5 cm³/mol. The molecule has 0 amide bonds. The van der Waals surface area contributed by atoms with Crippen LogP contribution in [0.1, 0.15) is 13.8 Å².